The highest BCUT2D eigenvalue weighted by atomic mass is 15.2. The number of para-hydroxylation sites is 2. The highest BCUT2D eigenvalue weighted by Crippen LogP contribution is 2.66. The van der Waals surface area contributed by atoms with Gasteiger partial charge >= 0.3 is 0 Å². The van der Waals surface area contributed by atoms with Gasteiger partial charge in [0.1, 0.15) is 11.2 Å². The monoisotopic (exact) mass is 562 g/mol. The number of pyridine rings is 1. The first-order chi connectivity index (χ1) is 21.9. The molecule has 5 aromatic carbocycles. The molecule has 0 saturated heterocycles. The minimum atomic E-state index is -0.246. The topological polar surface area (TPSA) is 13.7 Å². The Balaban J connectivity index is 1.41. The smallest absolute Gasteiger partial charge is 0.296 e. The van der Waals surface area contributed by atoms with Crippen LogP contribution in [-0.4, -0.2) is 9.13 Å². The van der Waals surface area contributed by atoms with E-state index >= 15 is 0 Å². The molecule has 206 valence electrons. The zero-order chi connectivity index (χ0) is 28.3. The Morgan fingerprint density at radius 3 is 2.14 bits per heavy atom. The fraction of sp³-hybridized carbons (Fsp3) is 0.146. The molecule has 12 rings (SSSR count). The van der Waals surface area contributed by atoms with Crippen LogP contribution in [0.25, 0.3) is 66.2 Å². The van der Waals surface area contributed by atoms with Crippen molar-refractivity contribution in [3.05, 3.63) is 138 Å². The second-order valence-corrected chi connectivity index (χ2v) is 13.4. The lowest BCUT2D eigenvalue weighted by Gasteiger charge is -2.42. The average Bonchev–Trinajstić information content (AvgIpc) is 3.84. The van der Waals surface area contributed by atoms with E-state index in [1.807, 2.05) is 0 Å². The van der Waals surface area contributed by atoms with Crippen LogP contribution in [0.15, 0.2) is 121 Å². The third-order valence-corrected chi connectivity index (χ3v) is 11.8. The summed E-state index contributed by atoms with van der Waals surface area (Å²) < 4.78 is 7.98. The number of aromatic nitrogens is 3. The van der Waals surface area contributed by atoms with E-state index in [2.05, 4.69) is 135 Å². The summed E-state index contributed by atoms with van der Waals surface area (Å²) in [7, 11) is 0. The van der Waals surface area contributed by atoms with Crippen molar-refractivity contribution >= 4 is 43.7 Å². The minimum absolute atomic E-state index is 0.246. The zero-order valence-corrected chi connectivity index (χ0v) is 24.2. The third-order valence-electron chi connectivity index (χ3n) is 11.8. The summed E-state index contributed by atoms with van der Waals surface area (Å²) in [6.07, 6.45) is 6.24. The summed E-state index contributed by atoms with van der Waals surface area (Å²) >= 11 is 0. The quantitative estimate of drug-likeness (QED) is 0.177. The average molecular weight is 563 g/mol. The van der Waals surface area contributed by atoms with Gasteiger partial charge in [0.15, 0.2) is 5.54 Å². The Kier molecular flexibility index (Phi) is 3.72. The number of hydrogen-bond donors (Lipinski definition) is 0. The first-order valence-corrected chi connectivity index (χ1v) is 16.1. The van der Waals surface area contributed by atoms with Gasteiger partial charge in [-0.15, -0.1) is 0 Å². The van der Waals surface area contributed by atoms with Crippen molar-refractivity contribution in [2.24, 2.45) is 5.92 Å². The first-order valence-electron chi connectivity index (χ1n) is 16.1. The van der Waals surface area contributed by atoms with E-state index in [0.717, 1.165) is 0 Å². The molecule has 1 saturated carbocycles. The lowest BCUT2D eigenvalue weighted by molar-refractivity contribution is -0.730. The van der Waals surface area contributed by atoms with Crippen LogP contribution in [0, 0.1) is 5.92 Å². The van der Waals surface area contributed by atoms with Crippen molar-refractivity contribution in [2.45, 2.75) is 30.7 Å². The van der Waals surface area contributed by atoms with Crippen LogP contribution in [0.3, 0.4) is 0 Å². The molecule has 44 heavy (non-hydrogen) atoms. The van der Waals surface area contributed by atoms with Crippen LogP contribution >= 0.6 is 0 Å². The molecule has 3 aromatic heterocycles. The lowest BCUT2D eigenvalue weighted by atomic mass is 9.71. The molecule has 3 unspecified atom stereocenters. The Hall–Kier alpha value is -5.15. The van der Waals surface area contributed by atoms with Gasteiger partial charge in [0.05, 0.1) is 33.9 Å². The molecular formula is C41H28N3+. The maximum absolute atomic E-state index is 2.74. The summed E-state index contributed by atoms with van der Waals surface area (Å²) in [5, 5.41) is 5.41. The lowest BCUT2D eigenvalue weighted by Crippen LogP contribution is -2.64. The van der Waals surface area contributed by atoms with Crippen LogP contribution < -0.4 is 4.57 Å². The number of benzene rings is 5. The number of nitrogens with zero attached hydrogens (tertiary/aromatic N) is 3. The van der Waals surface area contributed by atoms with Crippen molar-refractivity contribution in [3.63, 3.8) is 0 Å². The van der Waals surface area contributed by atoms with Crippen LogP contribution in [0.4, 0.5) is 0 Å². The summed E-state index contributed by atoms with van der Waals surface area (Å²) in [6, 6.07) is 43.7. The van der Waals surface area contributed by atoms with Gasteiger partial charge in [-0.1, -0.05) is 79.2 Å². The molecule has 2 aliphatic carbocycles. The molecule has 0 radical (unpaired) electrons. The van der Waals surface area contributed by atoms with E-state index in [1.54, 1.807) is 11.1 Å². The molecule has 1 spiro atoms. The Morgan fingerprint density at radius 1 is 0.591 bits per heavy atom. The summed E-state index contributed by atoms with van der Waals surface area (Å²) in [5.74, 6) is 1.10. The molecular weight excluding hydrogens is 534 g/mol. The molecule has 2 aliphatic heterocycles. The van der Waals surface area contributed by atoms with Crippen molar-refractivity contribution in [1.82, 2.24) is 9.13 Å². The van der Waals surface area contributed by atoms with Crippen LogP contribution in [0.1, 0.15) is 41.9 Å². The predicted molar refractivity (Wildman–Crippen MR) is 177 cm³/mol. The number of rotatable bonds is 1. The molecule has 0 amide bonds. The van der Waals surface area contributed by atoms with Crippen molar-refractivity contribution in [3.8, 4) is 22.5 Å². The third kappa shape index (κ3) is 2.23. The van der Waals surface area contributed by atoms with Gasteiger partial charge in [-0.2, -0.15) is 4.57 Å². The molecule has 3 nitrogen and oxygen atoms in total. The molecule has 3 heteroatoms. The van der Waals surface area contributed by atoms with Gasteiger partial charge in [-0.3, -0.25) is 0 Å². The van der Waals surface area contributed by atoms with Gasteiger partial charge in [0, 0.05) is 27.6 Å². The normalized spacial score (nSPS) is 21.9. The zero-order valence-electron chi connectivity index (χ0n) is 24.2. The van der Waals surface area contributed by atoms with E-state index < -0.39 is 0 Å². The molecule has 8 aromatic rings. The van der Waals surface area contributed by atoms with E-state index in [9.17, 15) is 0 Å². The molecule has 1 fully saturated rings. The van der Waals surface area contributed by atoms with E-state index in [1.165, 1.54) is 91.1 Å². The van der Waals surface area contributed by atoms with Gasteiger partial charge in [0.25, 0.3) is 5.65 Å². The molecule has 0 bridgehead atoms. The SMILES string of the molecule is c1ccc(-c2cc3c4c(c2)-n2c5ccccc5c5ccc[n+](c52)C42c4c(ccc5c6ccccc6n-3c45)C3CCCC32)cc1. The molecule has 4 aliphatic rings. The molecule has 0 N–H and O–H groups in total. The first kappa shape index (κ1) is 22.4. The predicted octanol–water partition coefficient (Wildman–Crippen LogP) is 9.15. The molecule has 3 atom stereocenters. The second kappa shape index (κ2) is 7.31. The summed E-state index contributed by atoms with van der Waals surface area (Å²) in [5.41, 5.74) is 15.0. The van der Waals surface area contributed by atoms with Crippen LogP contribution in [0.2, 0.25) is 0 Å². The summed E-state index contributed by atoms with van der Waals surface area (Å²) in [6.45, 7) is 0. The Bertz CT molecular complexity index is 2580. The van der Waals surface area contributed by atoms with E-state index in [-0.39, 0.29) is 5.54 Å². The van der Waals surface area contributed by atoms with E-state index in [0.29, 0.717) is 11.8 Å². The second-order valence-electron chi connectivity index (χ2n) is 13.4. The fourth-order valence-corrected chi connectivity index (χ4v) is 10.4. The van der Waals surface area contributed by atoms with Gasteiger partial charge in [-0.25, -0.2) is 4.57 Å². The van der Waals surface area contributed by atoms with Gasteiger partial charge < -0.3 is 4.57 Å². The Labute approximate surface area is 254 Å². The van der Waals surface area contributed by atoms with Crippen molar-refractivity contribution in [1.29, 1.82) is 0 Å². The standard InChI is InChI=1S/C41H28N3/c1-2-10-24(11-3-1)25-22-35-38-36(23-25)44-34-18-7-5-13-28(34)31-15-9-21-42(40(31)44)41(38)32-16-8-14-26(32)29-19-20-30-27-12-4-6-17-33(27)43(35)39(30)37(29)41/h1-7,9-13,15,17-23,26,32H,8,14,16H2/q+1. The van der Waals surface area contributed by atoms with Crippen LogP contribution in [-0.2, 0) is 5.54 Å². The van der Waals surface area contributed by atoms with Gasteiger partial charge in [-0.05, 0) is 77.9 Å². The largest absolute Gasteiger partial charge is 0.308 e. The maximum Gasteiger partial charge on any atom is 0.296 e. The number of hydrogen-bond acceptors (Lipinski definition) is 0. The highest BCUT2D eigenvalue weighted by molar-refractivity contribution is 6.13. The number of fused-ring (bicyclic) bond motifs is 10. The van der Waals surface area contributed by atoms with E-state index in [4.69, 9.17) is 0 Å². The minimum Gasteiger partial charge on any atom is -0.308 e. The van der Waals surface area contributed by atoms with Crippen molar-refractivity contribution in [2.75, 3.05) is 0 Å². The Morgan fingerprint density at radius 2 is 1.30 bits per heavy atom. The molecule has 5 heterocycles. The highest BCUT2D eigenvalue weighted by Gasteiger charge is 2.65. The summed E-state index contributed by atoms with van der Waals surface area (Å²) in [4.78, 5) is 0. The van der Waals surface area contributed by atoms with Crippen LogP contribution in [0.5, 0.6) is 0 Å². The fourth-order valence-electron chi connectivity index (χ4n) is 10.4. The van der Waals surface area contributed by atoms with Gasteiger partial charge in [0.2, 0.25) is 0 Å². The van der Waals surface area contributed by atoms with Crippen molar-refractivity contribution < 1.29 is 4.57 Å². The maximum atomic E-state index is 2.74.